The van der Waals surface area contributed by atoms with E-state index in [9.17, 15) is 4.79 Å². The van der Waals surface area contributed by atoms with Crippen molar-refractivity contribution >= 4 is 27.5 Å². The maximum Gasteiger partial charge on any atom is 0.273 e. The maximum absolute atomic E-state index is 13.5. The molecule has 0 spiro atoms. The fourth-order valence-corrected chi connectivity index (χ4v) is 4.39. The molecule has 0 N–H and O–H groups in total. The lowest BCUT2D eigenvalue weighted by Crippen LogP contribution is -2.22. The van der Waals surface area contributed by atoms with Crippen LogP contribution in [0.25, 0.3) is 17.1 Å². The first-order valence-electron chi connectivity index (χ1n) is 11.7. The van der Waals surface area contributed by atoms with E-state index >= 15 is 0 Å². The van der Waals surface area contributed by atoms with Gasteiger partial charge in [0.15, 0.2) is 0 Å². The van der Waals surface area contributed by atoms with E-state index in [1.807, 2.05) is 38.1 Å². The molecule has 7 nitrogen and oxygen atoms in total. The molecule has 0 amide bonds. The van der Waals surface area contributed by atoms with Gasteiger partial charge in [0.05, 0.1) is 29.2 Å². The van der Waals surface area contributed by atoms with Gasteiger partial charge in [0.25, 0.3) is 5.56 Å². The number of aromatic nitrogens is 4. The molecule has 4 rings (SSSR count). The normalized spacial score (nSPS) is 11.5. The predicted molar refractivity (Wildman–Crippen MR) is 149 cm³/mol. The topological polar surface area (TPSA) is 79.1 Å². The van der Waals surface area contributed by atoms with E-state index in [1.165, 1.54) is 10.8 Å². The number of pyridine rings is 2. The van der Waals surface area contributed by atoms with Gasteiger partial charge in [-0.3, -0.25) is 14.3 Å². The van der Waals surface area contributed by atoms with Gasteiger partial charge in [-0.15, -0.1) is 0 Å². The summed E-state index contributed by atoms with van der Waals surface area (Å²) >= 11 is 9.99. The number of aryl methyl sites for hydroxylation is 2. The lowest BCUT2D eigenvalue weighted by molar-refractivity contribution is 0.302. The molecular formula is C28H28BrClN4O3. The van der Waals surface area contributed by atoms with Crippen LogP contribution in [0.1, 0.15) is 43.4 Å². The summed E-state index contributed by atoms with van der Waals surface area (Å²) in [5, 5.41) is 0.341. The molecule has 0 unspecified atom stereocenters. The second-order valence-electron chi connectivity index (χ2n) is 9.74. The summed E-state index contributed by atoms with van der Waals surface area (Å²) in [7, 11) is 1.62. The van der Waals surface area contributed by atoms with Crippen LogP contribution in [0.4, 0.5) is 0 Å². The minimum Gasteiger partial charge on any atom is -0.497 e. The lowest BCUT2D eigenvalue weighted by Gasteiger charge is -2.19. The minimum absolute atomic E-state index is 0.225. The first-order valence-corrected chi connectivity index (χ1v) is 12.8. The van der Waals surface area contributed by atoms with Gasteiger partial charge in [-0.05, 0) is 59.1 Å². The van der Waals surface area contributed by atoms with Gasteiger partial charge in [-0.25, -0.2) is 9.97 Å². The van der Waals surface area contributed by atoms with Gasteiger partial charge in [-0.2, -0.15) is 0 Å². The third-order valence-corrected chi connectivity index (χ3v) is 6.81. The molecule has 0 fully saturated rings. The van der Waals surface area contributed by atoms with Gasteiger partial charge in [-0.1, -0.05) is 44.5 Å². The zero-order valence-corrected chi connectivity index (χ0v) is 23.9. The van der Waals surface area contributed by atoms with E-state index in [0.717, 1.165) is 16.9 Å². The fraction of sp³-hybridized carbons (Fsp3) is 0.286. The maximum atomic E-state index is 13.5. The molecule has 0 aliphatic rings. The summed E-state index contributed by atoms with van der Waals surface area (Å²) in [6.07, 6.45) is 3.33. The van der Waals surface area contributed by atoms with Crippen molar-refractivity contribution in [3.8, 4) is 28.6 Å². The molecule has 0 saturated carbocycles. The SMILES string of the molecule is COc1cccc(COc2cc(C)n(-c3cc(-c4nc(C(C)(C)C)ncc4C)ncc3Cl)c(=O)c2Br)c1. The average Bonchev–Trinajstić information content (AvgIpc) is 2.86. The van der Waals surface area contributed by atoms with Crippen molar-refractivity contribution in [2.45, 2.75) is 46.6 Å². The third-order valence-electron chi connectivity index (χ3n) is 5.79. The van der Waals surface area contributed by atoms with Crippen LogP contribution >= 0.6 is 27.5 Å². The van der Waals surface area contributed by atoms with E-state index in [4.69, 9.17) is 26.1 Å². The summed E-state index contributed by atoms with van der Waals surface area (Å²) < 4.78 is 13.1. The Morgan fingerprint density at radius 3 is 2.54 bits per heavy atom. The van der Waals surface area contributed by atoms with Crippen molar-refractivity contribution in [3.63, 3.8) is 0 Å². The zero-order chi connectivity index (χ0) is 26.9. The minimum atomic E-state index is -0.297. The van der Waals surface area contributed by atoms with E-state index in [1.54, 1.807) is 25.4 Å². The molecule has 37 heavy (non-hydrogen) atoms. The van der Waals surface area contributed by atoms with E-state index in [0.29, 0.717) is 43.8 Å². The molecule has 4 aromatic rings. The quantitative estimate of drug-likeness (QED) is 0.254. The molecule has 9 heteroatoms. The zero-order valence-electron chi connectivity index (χ0n) is 21.6. The van der Waals surface area contributed by atoms with Crippen LogP contribution in [0, 0.1) is 13.8 Å². The Balaban J connectivity index is 1.73. The van der Waals surface area contributed by atoms with Crippen LogP contribution in [-0.2, 0) is 12.0 Å². The molecule has 0 atom stereocenters. The second-order valence-corrected chi connectivity index (χ2v) is 10.9. The van der Waals surface area contributed by atoms with Crippen molar-refractivity contribution in [2.75, 3.05) is 7.11 Å². The van der Waals surface area contributed by atoms with Crippen LogP contribution in [0.3, 0.4) is 0 Å². The molecule has 192 valence electrons. The highest BCUT2D eigenvalue weighted by Gasteiger charge is 2.21. The molecule has 3 aromatic heterocycles. The average molecular weight is 584 g/mol. The third kappa shape index (κ3) is 5.70. The largest absolute Gasteiger partial charge is 0.497 e. The standard InChI is InChI=1S/C28H28BrClN4O3/c1-16-13-32-27(28(3,4)5)33-25(16)21-12-22(20(30)14-31-21)34-17(2)10-23(24(29)26(34)35)37-15-18-8-7-9-19(11-18)36-6/h7-14H,15H2,1-6H3. The van der Waals surface area contributed by atoms with Crippen molar-refractivity contribution in [2.24, 2.45) is 0 Å². The van der Waals surface area contributed by atoms with Crippen LogP contribution in [-0.4, -0.2) is 26.6 Å². The summed E-state index contributed by atoms with van der Waals surface area (Å²) in [5.74, 6) is 1.89. The molecule has 1 aromatic carbocycles. The molecule has 0 aliphatic carbocycles. The Bertz CT molecular complexity index is 1530. The van der Waals surface area contributed by atoms with Gasteiger partial charge in [0, 0.05) is 29.6 Å². The van der Waals surface area contributed by atoms with Gasteiger partial charge >= 0.3 is 0 Å². The lowest BCUT2D eigenvalue weighted by atomic mass is 9.95. The highest BCUT2D eigenvalue weighted by Crippen LogP contribution is 2.31. The van der Waals surface area contributed by atoms with E-state index in [-0.39, 0.29) is 17.6 Å². The molecule has 0 aliphatic heterocycles. The molecule has 3 heterocycles. The van der Waals surface area contributed by atoms with Crippen molar-refractivity contribution in [1.82, 2.24) is 19.5 Å². The van der Waals surface area contributed by atoms with Crippen LogP contribution in [0.2, 0.25) is 5.02 Å². The Morgan fingerprint density at radius 1 is 1.08 bits per heavy atom. The Kier molecular flexibility index (Phi) is 7.71. The molecule has 0 bridgehead atoms. The Labute approximate surface area is 229 Å². The number of methoxy groups -OCH3 is 1. The summed E-state index contributed by atoms with van der Waals surface area (Å²) in [4.78, 5) is 27.3. The Morgan fingerprint density at radius 2 is 1.84 bits per heavy atom. The summed E-state index contributed by atoms with van der Waals surface area (Å²) in [6.45, 7) is 10.2. The fourth-order valence-electron chi connectivity index (χ4n) is 3.80. The Hall–Kier alpha value is -3.23. The van der Waals surface area contributed by atoms with Crippen LogP contribution in [0.5, 0.6) is 11.5 Å². The van der Waals surface area contributed by atoms with Gasteiger partial charge in [0.1, 0.15) is 28.4 Å². The first-order chi connectivity index (χ1) is 17.5. The van der Waals surface area contributed by atoms with E-state index < -0.39 is 0 Å². The number of hydrogen-bond acceptors (Lipinski definition) is 6. The molecule has 0 saturated heterocycles. The van der Waals surface area contributed by atoms with Crippen LogP contribution < -0.4 is 15.0 Å². The number of ether oxygens (including phenoxy) is 2. The number of nitrogens with zero attached hydrogens (tertiary/aromatic N) is 4. The molecular weight excluding hydrogens is 556 g/mol. The predicted octanol–water partition coefficient (Wildman–Crippen LogP) is 6.61. The monoisotopic (exact) mass is 582 g/mol. The number of rotatable bonds is 6. The van der Waals surface area contributed by atoms with Crippen molar-refractivity contribution in [1.29, 1.82) is 0 Å². The number of halogens is 2. The summed E-state index contributed by atoms with van der Waals surface area (Å²) in [6, 6.07) is 11.2. The highest BCUT2D eigenvalue weighted by molar-refractivity contribution is 9.10. The first kappa shape index (κ1) is 26.8. The smallest absolute Gasteiger partial charge is 0.273 e. The summed E-state index contributed by atoms with van der Waals surface area (Å²) in [5.41, 5.74) is 3.73. The second kappa shape index (κ2) is 10.6. The number of hydrogen-bond donors (Lipinski definition) is 0. The number of benzene rings is 1. The van der Waals surface area contributed by atoms with Gasteiger partial charge < -0.3 is 9.47 Å². The van der Waals surface area contributed by atoms with Crippen LogP contribution in [0.15, 0.2) is 58.1 Å². The van der Waals surface area contributed by atoms with Gasteiger partial charge in [0.2, 0.25) is 0 Å². The van der Waals surface area contributed by atoms with Crippen molar-refractivity contribution < 1.29 is 9.47 Å². The van der Waals surface area contributed by atoms with Crippen molar-refractivity contribution in [3.05, 3.63) is 91.3 Å². The molecule has 0 radical (unpaired) electrons. The van der Waals surface area contributed by atoms with E-state index in [2.05, 4.69) is 46.7 Å². The highest BCUT2D eigenvalue weighted by atomic mass is 79.9.